The second-order valence-electron chi connectivity index (χ2n) is 14.7. The van der Waals surface area contributed by atoms with E-state index in [2.05, 4.69) is 10.3 Å². The van der Waals surface area contributed by atoms with Gasteiger partial charge in [0, 0.05) is 37.0 Å². The fourth-order valence-corrected chi connectivity index (χ4v) is 7.11. The van der Waals surface area contributed by atoms with E-state index in [9.17, 15) is 23.9 Å². The molecule has 49 heavy (non-hydrogen) atoms. The number of rotatable bonds is 13. The Morgan fingerprint density at radius 2 is 1.61 bits per heavy atom. The number of amides is 1. The zero-order valence-corrected chi connectivity index (χ0v) is 30.0. The minimum absolute atomic E-state index is 0.0938. The summed E-state index contributed by atoms with van der Waals surface area (Å²) in [6.45, 7) is 17.3. The standard InChI is InChI=1S/C38H49F3N4O4/c1-20(2)12-29(45-17-26(35(21(3)4)43-37(45)49)10-11-44-18-38(9,41)19-44)36(48)42-28(16-30(46)47)32-33(39)25(8)15-27(34(32)40)31-23(6)13-22(5)14-24(31)7/h13-15,17,20-21,28-29H,10-12,16,18-19H2,1-9H3,(H,42,48)(H,46,47)/t28-,29-/m0/s1. The van der Waals surface area contributed by atoms with Gasteiger partial charge in [-0.25, -0.2) is 18.0 Å². The van der Waals surface area contributed by atoms with Crippen molar-refractivity contribution in [2.75, 3.05) is 19.6 Å². The quantitative estimate of drug-likeness (QED) is 0.200. The third-order valence-corrected chi connectivity index (χ3v) is 9.15. The van der Waals surface area contributed by atoms with Crippen LogP contribution in [0.4, 0.5) is 13.2 Å². The van der Waals surface area contributed by atoms with E-state index in [1.807, 2.05) is 65.5 Å². The molecule has 266 valence electrons. The summed E-state index contributed by atoms with van der Waals surface area (Å²) in [5.41, 5.74) is 2.14. The molecule has 1 fully saturated rings. The van der Waals surface area contributed by atoms with E-state index in [1.54, 1.807) is 13.1 Å². The van der Waals surface area contributed by atoms with Gasteiger partial charge in [-0.3, -0.25) is 19.1 Å². The van der Waals surface area contributed by atoms with Crippen LogP contribution in [-0.2, 0) is 16.0 Å². The number of benzene rings is 2. The number of aliphatic carboxylic acids is 1. The Bertz CT molecular complexity index is 1770. The van der Waals surface area contributed by atoms with Gasteiger partial charge >= 0.3 is 11.7 Å². The average Bonchev–Trinajstić information content (AvgIpc) is 2.95. The molecule has 1 aromatic heterocycles. The van der Waals surface area contributed by atoms with Gasteiger partial charge in [-0.2, -0.15) is 4.98 Å². The predicted octanol–water partition coefficient (Wildman–Crippen LogP) is 7.05. The van der Waals surface area contributed by atoms with E-state index in [0.29, 0.717) is 37.3 Å². The van der Waals surface area contributed by atoms with Crippen LogP contribution in [0, 0.1) is 45.2 Å². The largest absolute Gasteiger partial charge is 0.481 e. The molecule has 11 heteroatoms. The smallest absolute Gasteiger partial charge is 0.348 e. The molecular formula is C38H49F3N4O4. The summed E-state index contributed by atoms with van der Waals surface area (Å²) < 4.78 is 47.8. The molecule has 0 unspecified atom stereocenters. The first-order valence-electron chi connectivity index (χ1n) is 16.9. The summed E-state index contributed by atoms with van der Waals surface area (Å²) in [5, 5.41) is 12.5. The molecule has 0 aliphatic carbocycles. The van der Waals surface area contributed by atoms with Crippen LogP contribution < -0.4 is 11.0 Å². The normalized spacial score (nSPS) is 15.7. The molecule has 1 aliphatic rings. The molecule has 8 nitrogen and oxygen atoms in total. The molecule has 4 rings (SSSR count). The van der Waals surface area contributed by atoms with Crippen molar-refractivity contribution < 1.29 is 27.9 Å². The van der Waals surface area contributed by atoms with E-state index in [1.165, 1.54) is 17.6 Å². The maximum atomic E-state index is 16.5. The summed E-state index contributed by atoms with van der Waals surface area (Å²) in [7, 11) is 0. The number of aromatic nitrogens is 2. The highest BCUT2D eigenvalue weighted by atomic mass is 19.1. The molecular weight excluding hydrogens is 633 g/mol. The Kier molecular flexibility index (Phi) is 11.5. The van der Waals surface area contributed by atoms with Gasteiger partial charge in [0.25, 0.3) is 0 Å². The second kappa shape index (κ2) is 14.9. The van der Waals surface area contributed by atoms with E-state index >= 15 is 8.78 Å². The number of likely N-dealkylation sites (tertiary alicyclic amines) is 1. The minimum Gasteiger partial charge on any atom is -0.481 e. The van der Waals surface area contributed by atoms with Crippen LogP contribution in [0.5, 0.6) is 0 Å². The Labute approximate surface area is 286 Å². The number of carbonyl (C=O) groups excluding carboxylic acids is 1. The zero-order chi connectivity index (χ0) is 36.5. The Morgan fingerprint density at radius 3 is 2.14 bits per heavy atom. The molecule has 2 N–H and O–H groups in total. The topological polar surface area (TPSA) is 105 Å². The lowest BCUT2D eigenvalue weighted by Gasteiger charge is -2.42. The molecule has 2 heterocycles. The summed E-state index contributed by atoms with van der Waals surface area (Å²) in [6.07, 6.45) is 1.45. The van der Waals surface area contributed by atoms with Crippen molar-refractivity contribution in [1.29, 1.82) is 0 Å². The van der Waals surface area contributed by atoms with Crippen LogP contribution in [0.3, 0.4) is 0 Å². The molecule has 0 bridgehead atoms. The highest BCUT2D eigenvalue weighted by Gasteiger charge is 2.38. The SMILES string of the molecule is Cc1cc(C)c(-c2cc(C)c(F)c([C@H](CC(=O)O)NC(=O)[C@H](CC(C)C)n3cc(CCN4CC(C)(F)C4)c(C(C)C)nc3=O)c2F)c(C)c1. The van der Waals surface area contributed by atoms with Crippen LogP contribution in [0.2, 0.25) is 0 Å². The molecule has 0 radical (unpaired) electrons. The molecule has 2 atom stereocenters. The molecule has 1 aliphatic heterocycles. The van der Waals surface area contributed by atoms with Crippen molar-refractivity contribution in [3.05, 3.63) is 85.6 Å². The molecule has 0 spiro atoms. The van der Waals surface area contributed by atoms with Crippen molar-refractivity contribution in [3.8, 4) is 11.1 Å². The number of hydrogen-bond donors (Lipinski definition) is 2. The van der Waals surface area contributed by atoms with Gasteiger partial charge in [-0.15, -0.1) is 0 Å². The number of aryl methyl sites for hydroxylation is 4. The minimum atomic E-state index is -1.58. The Hall–Kier alpha value is -3.99. The van der Waals surface area contributed by atoms with Crippen LogP contribution in [0.1, 0.15) is 105 Å². The van der Waals surface area contributed by atoms with Crippen molar-refractivity contribution in [2.45, 2.75) is 105 Å². The molecule has 2 aromatic carbocycles. The number of halogens is 3. The number of hydrogen-bond acceptors (Lipinski definition) is 5. The van der Waals surface area contributed by atoms with Crippen LogP contribution >= 0.6 is 0 Å². The summed E-state index contributed by atoms with van der Waals surface area (Å²) in [6, 6.07) is 2.45. The monoisotopic (exact) mass is 682 g/mol. The first-order chi connectivity index (χ1) is 22.8. The van der Waals surface area contributed by atoms with Crippen molar-refractivity contribution >= 4 is 11.9 Å². The fraction of sp³-hybridized carbons (Fsp3) is 0.526. The van der Waals surface area contributed by atoms with Gasteiger partial charge in [0.15, 0.2) is 0 Å². The summed E-state index contributed by atoms with van der Waals surface area (Å²) in [5.74, 6) is -4.22. The maximum absolute atomic E-state index is 16.5. The third-order valence-electron chi connectivity index (χ3n) is 9.15. The van der Waals surface area contributed by atoms with Crippen molar-refractivity contribution in [1.82, 2.24) is 19.8 Å². The van der Waals surface area contributed by atoms with E-state index in [0.717, 1.165) is 22.3 Å². The number of nitrogens with one attached hydrogen (secondary N) is 1. The molecule has 0 saturated carbocycles. The van der Waals surface area contributed by atoms with E-state index < -0.39 is 58.9 Å². The van der Waals surface area contributed by atoms with Gasteiger partial charge in [-0.1, -0.05) is 45.4 Å². The highest BCUT2D eigenvalue weighted by molar-refractivity contribution is 5.82. The lowest BCUT2D eigenvalue weighted by Crippen LogP contribution is -2.57. The van der Waals surface area contributed by atoms with Gasteiger partial charge in [0.2, 0.25) is 5.91 Å². The van der Waals surface area contributed by atoms with Gasteiger partial charge in [0.1, 0.15) is 23.3 Å². The molecule has 1 saturated heterocycles. The molecule has 3 aromatic rings. The summed E-state index contributed by atoms with van der Waals surface area (Å²) in [4.78, 5) is 46.0. The van der Waals surface area contributed by atoms with Gasteiger partial charge in [0.05, 0.1) is 18.2 Å². The maximum Gasteiger partial charge on any atom is 0.348 e. The lowest BCUT2D eigenvalue weighted by atomic mass is 9.88. The number of carboxylic acid groups (broad SMARTS) is 1. The van der Waals surface area contributed by atoms with Crippen LogP contribution in [-0.4, -0.2) is 56.7 Å². The first-order valence-corrected chi connectivity index (χ1v) is 16.9. The lowest BCUT2D eigenvalue weighted by molar-refractivity contribution is -0.138. The first kappa shape index (κ1) is 37.8. The number of alkyl halides is 1. The van der Waals surface area contributed by atoms with Crippen LogP contribution in [0.15, 0.2) is 29.2 Å². The highest BCUT2D eigenvalue weighted by Crippen LogP contribution is 2.37. The van der Waals surface area contributed by atoms with Gasteiger partial charge < -0.3 is 10.4 Å². The predicted molar refractivity (Wildman–Crippen MR) is 185 cm³/mol. The van der Waals surface area contributed by atoms with E-state index in [4.69, 9.17) is 0 Å². The van der Waals surface area contributed by atoms with Gasteiger partial charge in [-0.05, 0) is 93.2 Å². The second-order valence-corrected chi connectivity index (χ2v) is 14.7. The average molecular weight is 683 g/mol. The fourth-order valence-electron chi connectivity index (χ4n) is 7.11. The zero-order valence-electron chi connectivity index (χ0n) is 30.0. The third kappa shape index (κ3) is 8.60. The summed E-state index contributed by atoms with van der Waals surface area (Å²) >= 11 is 0. The molecule has 1 amide bonds. The van der Waals surface area contributed by atoms with Crippen molar-refractivity contribution in [3.63, 3.8) is 0 Å². The Balaban J connectivity index is 1.78. The van der Waals surface area contributed by atoms with E-state index in [-0.39, 0.29) is 29.4 Å². The Morgan fingerprint density at radius 1 is 1.00 bits per heavy atom. The number of carbonyl (C=O) groups is 2. The number of carboxylic acids is 1. The van der Waals surface area contributed by atoms with Crippen LogP contribution in [0.25, 0.3) is 11.1 Å². The van der Waals surface area contributed by atoms with Crippen molar-refractivity contribution in [2.24, 2.45) is 5.92 Å². The number of nitrogens with zero attached hydrogens (tertiary/aromatic N) is 3.